The van der Waals surface area contributed by atoms with Crippen molar-refractivity contribution >= 4 is 11.9 Å². The predicted octanol–water partition coefficient (Wildman–Crippen LogP) is 2.91. The Hall–Kier alpha value is -2.08. The van der Waals surface area contributed by atoms with Gasteiger partial charge in [-0.3, -0.25) is 9.59 Å². The molecule has 1 aromatic rings. The minimum Gasteiger partial charge on any atom is -0.492 e. The Morgan fingerprint density at radius 2 is 1.74 bits per heavy atom. The molecule has 0 aliphatic heterocycles. The van der Waals surface area contributed by atoms with E-state index in [0.717, 1.165) is 43.8 Å². The first kappa shape index (κ1) is 21.2. The van der Waals surface area contributed by atoms with E-state index in [1.807, 2.05) is 24.3 Å². The topological polar surface area (TPSA) is 78.9 Å². The van der Waals surface area contributed by atoms with Crippen LogP contribution in [0.3, 0.4) is 0 Å². The van der Waals surface area contributed by atoms with Gasteiger partial charge in [0, 0.05) is 13.1 Å². The van der Waals surface area contributed by atoms with Gasteiger partial charge in [0.15, 0.2) is 0 Å². The van der Waals surface area contributed by atoms with Gasteiger partial charge in [0.1, 0.15) is 12.4 Å². The summed E-state index contributed by atoms with van der Waals surface area (Å²) in [6.45, 7) is 8.26. The highest BCUT2D eigenvalue weighted by atomic mass is 16.5. The van der Waals surface area contributed by atoms with Crippen LogP contribution < -0.4 is 10.1 Å². The number of amides is 1. The van der Waals surface area contributed by atoms with Crippen LogP contribution >= 0.6 is 0 Å². The first-order valence-corrected chi connectivity index (χ1v) is 9.99. The molecule has 0 bridgehead atoms. The molecule has 6 heteroatoms. The summed E-state index contributed by atoms with van der Waals surface area (Å²) in [4.78, 5) is 26.1. The van der Waals surface area contributed by atoms with Crippen molar-refractivity contribution in [2.24, 2.45) is 11.8 Å². The number of carbonyl (C=O) groups excluding carboxylic acids is 1. The molecule has 0 aromatic heterocycles. The highest BCUT2D eigenvalue weighted by Crippen LogP contribution is 2.30. The number of likely N-dealkylation sites (N-methyl/N-ethyl adjacent to an activating group) is 1. The normalized spacial score (nSPS) is 19.7. The van der Waals surface area contributed by atoms with Crippen molar-refractivity contribution in [3.8, 4) is 5.75 Å². The summed E-state index contributed by atoms with van der Waals surface area (Å²) in [5, 5.41) is 12.2. The number of nitrogens with zero attached hydrogens (tertiary/aromatic N) is 1. The molecule has 2 unspecified atom stereocenters. The van der Waals surface area contributed by atoms with E-state index in [2.05, 4.69) is 24.1 Å². The summed E-state index contributed by atoms with van der Waals surface area (Å²) >= 11 is 0. The van der Waals surface area contributed by atoms with Gasteiger partial charge in [-0.2, -0.15) is 0 Å². The zero-order chi connectivity index (χ0) is 19.6. The highest BCUT2D eigenvalue weighted by molar-refractivity contribution is 5.84. The van der Waals surface area contributed by atoms with Gasteiger partial charge in [0.2, 0.25) is 5.91 Å². The van der Waals surface area contributed by atoms with Gasteiger partial charge < -0.3 is 20.1 Å². The van der Waals surface area contributed by atoms with E-state index < -0.39 is 17.8 Å². The molecule has 1 saturated carbocycles. The Morgan fingerprint density at radius 3 is 2.33 bits per heavy atom. The zero-order valence-electron chi connectivity index (χ0n) is 16.4. The van der Waals surface area contributed by atoms with E-state index in [-0.39, 0.29) is 5.91 Å². The van der Waals surface area contributed by atoms with Crippen molar-refractivity contribution in [2.75, 3.05) is 26.2 Å². The molecular formula is C21H32N2O4. The molecule has 0 radical (unpaired) electrons. The van der Waals surface area contributed by atoms with Crippen LogP contribution in [-0.2, 0) is 16.1 Å². The fraction of sp³-hybridized carbons (Fsp3) is 0.619. The SMILES string of the molecule is CCN(CC)CCOc1ccc(CNC(=O)C2CCCCC2C(=O)O)cc1. The number of carboxylic acid groups (broad SMARTS) is 1. The summed E-state index contributed by atoms with van der Waals surface area (Å²) in [5.41, 5.74) is 0.974. The first-order valence-electron chi connectivity index (χ1n) is 9.99. The molecule has 1 aliphatic carbocycles. The van der Waals surface area contributed by atoms with E-state index >= 15 is 0 Å². The zero-order valence-corrected chi connectivity index (χ0v) is 16.4. The number of benzene rings is 1. The van der Waals surface area contributed by atoms with Crippen molar-refractivity contribution in [2.45, 2.75) is 46.1 Å². The third kappa shape index (κ3) is 6.54. The largest absolute Gasteiger partial charge is 0.492 e. The van der Waals surface area contributed by atoms with Crippen LogP contribution in [-0.4, -0.2) is 48.1 Å². The van der Waals surface area contributed by atoms with Crippen LogP contribution in [0.4, 0.5) is 0 Å². The van der Waals surface area contributed by atoms with Gasteiger partial charge in [-0.15, -0.1) is 0 Å². The predicted molar refractivity (Wildman–Crippen MR) is 105 cm³/mol. The van der Waals surface area contributed by atoms with E-state index in [9.17, 15) is 14.7 Å². The molecule has 27 heavy (non-hydrogen) atoms. The lowest BCUT2D eigenvalue weighted by Gasteiger charge is -2.27. The molecule has 150 valence electrons. The Kier molecular flexibility index (Phi) is 8.58. The average molecular weight is 376 g/mol. The molecule has 2 N–H and O–H groups in total. The monoisotopic (exact) mass is 376 g/mol. The number of aliphatic carboxylic acids is 1. The van der Waals surface area contributed by atoms with Crippen molar-refractivity contribution in [3.05, 3.63) is 29.8 Å². The number of carbonyl (C=O) groups is 2. The maximum atomic E-state index is 12.4. The molecule has 1 aliphatic rings. The van der Waals surface area contributed by atoms with Crippen LogP contribution in [0.1, 0.15) is 45.1 Å². The van der Waals surface area contributed by atoms with Crippen molar-refractivity contribution in [3.63, 3.8) is 0 Å². The molecule has 6 nitrogen and oxygen atoms in total. The van der Waals surface area contributed by atoms with Crippen LogP contribution in [0.15, 0.2) is 24.3 Å². The van der Waals surface area contributed by atoms with Gasteiger partial charge in [0.25, 0.3) is 0 Å². The van der Waals surface area contributed by atoms with Crippen molar-refractivity contribution < 1.29 is 19.4 Å². The maximum absolute atomic E-state index is 12.4. The molecule has 1 amide bonds. The second kappa shape index (κ2) is 10.9. The van der Waals surface area contributed by atoms with Crippen molar-refractivity contribution in [1.82, 2.24) is 10.2 Å². The molecule has 2 rings (SSSR count). The van der Waals surface area contributed by atoms with Crippen LogP contribution in [0.5, 0.6) is 5.75 Å². The third-order valence-electron chi connectivity index (χ3n) is 5.38. The lowest BCUT2D eigenvalue weighted by Crippen LogP contribution is -2.39. The number of hydrogen-bond donors (Lipinski definition) is 2. The fourth-order valence-electron chi connectivity index (χ4n) is 3.60. The Balaban J connectivity index is 1.78. The molecular weight excluding hydrogens is 344 g/mol. The number of hydrogen-bond acceptors (Lipinski definition) is 4. The van der Waals surface area contributed by atoms with E-state index in [0.29, 0.717) is 26.0 Å². The summed E-state index contributed by atoms with van der Waals surface area (Å²) in [6.07, 6.45) is 3.05. The van der Waals surface area contributed by atoms with Gasteiger partial charge in [-0.05, 0) is 43.6 Å². The van der Waals surface area contributed by atoms with Crippen LogP contribution in [0.25, 0.3) is 0 Å². The smallest absolute Gasteiger partial charge is 0.307 e. The second-order valence-electron chi connectivity index (χ2n) is 7.07. The van der Waals surface area contributed by atoms with E-state index in [1.54, 1.807) is 0 Å². The summed E-state index contributed by atoms with van der Waals surface area (Å²) in [6, 6.07) is 7.68. The molecule has 1 aromatic carbocycles. The third-order valence-corrected chi connectivity index (χ3v) is 5.38. The Morgan fingerprint density at radius 1 is 1.11 bits per heavy atom. The Labute approximate surface area is 161 Å². The van der Waals surface area contributed by atoms with Gasteiger partial charge in [-0.1, -0.05) is 38.8 Å². The molecule has 0 heterocycles. The molecule has 1 fully saturated rings. The summed E-state index contributed by atoms with van der Waals surface area (Å²) in [5.74, 6) is -1.17. The number of nitrogens with one attached hydrogen (secondary N) is 1. The van der Waals surface area contributed by atoms with Gasteiger partial charge in [-0.25, -0.2) is 0 Å². The van der Waals surface area contributed by atoms with Crippen LogP contribution in [0, 0.1) is 11.8 Å². The number of carboxylic acids is 1. The number of ether oxygens (including phenoxy) is 1. The molecule has 0 saturated heterocycles. The summed E-state index contributed by atoms with van der Waals surface area (Å²) < 4.78 is 5.76. The lowest BCUT2D eigenvalue weighted by molar-refractivity contribution is -0.148. The molecule has 2 atom stereocenters. The fourth-order valence-corrected chi connectivity index (χ4v) is 3.60. The van der Waals surface area contributed by atoms with Crippen molar-refractivity contribution in [1.29, 1.82) is 0 Å². The summed E-state index contributed by atoms with van der Waals surface area (Å²) in [7, 11) is 0. The minimum atomic E-state index is -0.860. The lowest BCUT2D eigenvalue weighted by atomic mass is 9.78. The van der Waals surface area contributed by atoms with E-state index in [4.69, 9.17) is 4.74 Å². The molecule has 0 spiro atoms. The quantitative estimate of drug-likeness (QED) is 0.656. The average Bonchev–Trinajstić information content (AvgIpc) is 2.70. The van der Waals surface area contributed by atoms with Gasteiger partial charge >= 0.3 is 5.97 Å². The first-order chi connectivity index (χ1) is 13.0. The van der Waals surface area contributed by atoms with E-state index in [1.165, 1.54) is 0 Å². The highest BCUT2D eigenvalue weighted by Gasteiger charge is 2.35. The number of rotatable bonds is 10. The maximum Gasteiger partial charge on any atom is 0.307 e. The minimum absolute atomic E-state index is 0.151. The second-order valence-corrected chi connectivity index (χ2v) is 7.07. The van der Waals surface area contributed by atoms with Crippen LogP contribution in [0.2, 0.25) is 0 Å². The Bertz CT molecular complexity index is 599. The standard InChI is InChI=1S/C21H32N2O4/c1-3-23(4-2)13-14-27-17-11-9-16(10-12-17)15-22-20(24)18-7-5-6-8-19(18)21(25)26/h9-12,18-19H,3-8,13-15H2,1-2H3,(H,22,24)(H,25,26). The van der Waals surface area contributed by atoms with Gasteiger partial charge in [0.05, 0.1) is 11.8 Å².